The molecule has 0 radical (unpaired) electrons. The summed E-state index contributed by atoms with van der Waals surface area (Å²) in [6.07, 6.45) is 1.77. The predicted molar refractivity (Wildman–Crippen MR) is 99.1 cm³/mol. The van der Waals surface area contributed by atoms with Crippen molar-refractivity contribution in [1.82, 2.24) is 15.6 Å². The third-order valence-corrected chi connectivity index (χ3v) is 3.77. The Balaban J connectivity index is 2.04. The summed E-state index contributed by atoms with van der Waals surface area (Å²) in [7, 11) is 0. The molecule has 3 amide bonds. The van der Waals surface area contributed by atoms with Gasteiger partial charge in [-0.3, -0.25) is 9.78 Å². The lowest BCUT2D eigenvalue weighted by molar-refractivity contribution is 0.0933. The first-order valence-electron chi connectivity index (χ1n) is 7.17. The van der Waals surface area contributed by atoms with E-state index in [-0.39, 0.29) is 0 Å². The van der Waals surface area contributed by atoms with Gasteiger partial charge in [0.25, 0.3) is 5.91 Å². The molecule has 0 saturated carbocycles. The normalized spacial score (nSPS) is 12.2. The zero-order valence-electron chi connectivity index (χ0n) is 13.1. The average molecular weight is 402 g/mol. The highest BCUT2D eigenvalue weighted by atomic mass is 35.6. The van der Waals surface area contributed by atoms with Crippen molar-refractivity contribution in [1.29, 1.82) is 0 Å². The number of alkyl halides is 3. The number of urea groups is 1. The average Bonchev–Trinajstić information content (AvgIpc) is 2.54. The molecule has 2 aromatic rings. The van der Waals surface area contributed by atoms with E-state index in [2.05, 4.69) is 20.9 Å². The third kappa shape index (κ3) is 6.08. The van der Waals surface area contributed by atoms with Crippen LogP contribution in [0.25, 0.3) is 0 Å². The number of rotatable bonds is 4. The van der Waals surface area contributed by atoms with Crippen molar-refractivity contribution in [3.8, 4) is 0 Å². The second kappa shape index (κ2) is 8.38. The molecule has 0 spiro atoms. The first kappa shape index (κ1) is 19.3. The minimum absolute atomic E-state index is 0.374. The van der Waals surface area contributed by atoms with E-state index in [1.165, 1.54) is 6.20 Å². The molecule has 25 heavy (non-hydrogen) atoms. The number of aromatic nitrogens is 1. The lowest BCUT2D eigenvalue weighted by atomic mass is 10.1. The van der Waals surface area contributed by atoms with Crippen molar-refractivity contribution in [3.05, 3.63) is 59.9 Å². The molecule has 0 bridgehead atoms. The topological polar surface area (TPSA) is 83.1 Å². The van der Waals surface area contributed by atoms with E-state index in [1.807, 2.05) is 6.92 Å². The predicted octanol–water partition coefficient (Wildman–Crippen LogP) is 3.64. The maximum absolute atomic E-state index is 12.3. The molecule has 1 aromatic carbocycles. The fourth-order valence-electron chi connectivity index (χ4n) is 1.85. The molecule has 9 heteroatoms. The number of hydrogen-bond acceptors (Lipinski definition) is 3. The summed E-state index contributed by atoms with van der Waals surface area (Å²) in [5, 5.41) is 7.42. The summed E-state index contributed by atoms with van der Waals surface area (Å²) in [6, 6.07) is 9.46. The number of nitrogens with zero attached hydrogens (tertiary/aromatic N) is 1. The first-order chi connectivity index (χ1) is 11.8. The zero-order chi connectivity index (χ0) is 18.4. The maximum Gasteiger partial charge on any atom is 0.321 e. The van der Waals surface area contributed by atoms with Gasteiger partial charge in [0.05, 0.1) is 11.9 Å². The van der Waals surface area contributed by atoms with Gasteiger partial charge in [0, 0.05) is 11.8 Å². The molecule has 0 aliphatic carbocycles. The number of halogens is 3. The van der Waals surface area contributed by atoms with Crippen molar-refractivity contribution >= 4 is 52.4 Å². The van der Waals surface area contributed by atoms with E-state index < -0.39 is 21.9 Å². The molecule has 0 fully saturated rings. The number of anilines is 1. The van der Waals surface area contributed by atoms with Crippen LogP contribution in [0, 0.1) is 6.92 Å². The van der Waals surface area contributed by atoms with Gasteiger partial charge < -0.3 is 16.0 Å². The monoisotopic (exact) mass is 400 g/mol. The van der Waals surface area contributed by atoms with Crippen molar-refractivity contribution in [3.63, 3.8) is 0 Å². The van der Waals surface area contributed by atoms with Gasteiger partial charge in [-0.1, -0.05) is 52.5 Å². The molecule has 1 atom stereocenters. The number of amides is 3. The molecule has 0 saturated heterocycles. The van der Waals surface area contributed by atoms with Crippen LogP contribution >= 0.6 is 34.8 Å². The van der Waals surface area contributed by atoms with Crippen LogP contribution in [0.2, 0.25) is 0 Å². The number of aryl methyl sites for hydroxylation is 1. The number of carbonyl (C=O) groups is 2. The number of hydrogen-bond donors (Lipinski definition) is 3. The number of pyridine rings is 1. The Morgan fingerprint density at radius 3 is 2.32 bits per heavy atom. The number of nitrogens with one attached hydrogen (secondary N) is 3. The van der Waals surface area contributed by atoms with E-state index in [0.29, 0.717) is 11.3 Å². The fourth-order valence-corrected chi connectivity index (χ4v) is 2.18. The number of benzene rings is 1. The van der Waals surface area contributed by atoms with Crippen LogP contribution in [-0.4, -0.2) is 26.9 Å². The van der Waals surface area contributed by atoms with Gasteiger partial charge in [-0.25, -0.2) is 4.79 Å². The lowest BCUT2D eigenvalue weighted by Gasteiger charge is -2.26. The van der Waals surface area contributed by atoms with Crippen LogP contribution in [0.1, 0.15) is 15.9 Å². The van der Waals surface area contributed by atoms with Gasteiger partial charge in [-0.05, 0) is 31.2 Å². The second-order valence-electron chi connectivity index (χ2n) is 5.15. The molecule has 3 N–H and O–H groups in total. The van der Waals surface area contributed by atoms with Gasteiger partial charge in [0.1, 0.15) is 0 Å². The lowest BCUT2D eigenvalue weighted by Crippen LogP contribution is -2.56. The third-order valence-electron chi connectivity index (χ3n) is 3.11. The minimum Gasteiger partial charge on any atom is -0.328 e. The highest BCUT2D eigenvalue weighted by Crippen LogP contribution is 2.29. The van der Waals surface area contributed by atoms with Crippen LogP contribution < -0.4 is 16.0 Å². The molecular formula is C16H15Cl3N4O2. The summed E-state index contributed by atoms with van der Waals surface area (Å²) in [6.45, 7) is 1.90. The highest BCUT2D eigenvalue weighted by molar-refractivity contribution is 6.68. The van der Waals surface area contributed by atoms with Gasteiger partial charge in [-0.15, -0.1) is 0 Å². The number of carbonyl (C=O) groups excluding carboxylic acids is 2. The molecule has 0 aliphatic rings. The SMILES string of the molecule is Cc1ccc(C(=O)NC(NC(=O)Nc2cccnc2)C(Cl)(Cl)Cl)cc1. The van der Waals surface area contributed by atoms with Crippen LogP contribution in [0.15, 0.2) is 48.8 Å². The van der Waals surface area contributed by atoms with Gasteiger partial charge in [0.15, 0.2) is 6.17 Å². The summed E-state index contributed by atoms with van der Waals surface area (Å²) in [5.74, 6) is -0.488. The smallest absolute Gasteiger partial charge is 0.321 e. The van der Waals surface area contributed by atoms with Gasteiger partial charge in [0.2, 0.25) is 3.79 Å². The standard InChI is InChI=1S/C16H15Cl3N4O2/c1-10-4-6-11(7-5-10)13(24)22-14(16(17,18)19)23-15(25)21-12-3-2-8-20-9-12/h2-9,14H,1H3,(H,22,24)(H2,21,23,25). The Bertz CT molecular complexity index is 733. The summed E-state index contributed by atoms with van der Waals surface area (Å²) >= 11 is 17.6. The van der Waals surface area contributed by atoms with Gasteiger partial charge >= 0.3 is 6.03 Å². The highest BCUT2D eigenvalue weighted by Gasteiger charge is 2.35. The second-order valence-corrected chi connectivity index (χ2v) is 7.52. The van der Waals surface area contributed by atoms with Crippen LogP contribution in [0.4, 0.5) is 10.5 Å². The summed E-state index contributed by atoms with van der Waals surface area (Å²) in [4.78, 5) is 28.2. The van der Waals surface area contributed by atoms with Crippen molar-refractivity contribution in [2.45, 2.75) is 16.9 Å². The molecule has 2 rings (SSSR count). The minimum atomic E-state index is -1.95. The van der Waals surface area contributed by atoms with Crippen LogP contribution in [0.3, 0.4) is 0 Å². The molecule has 6 nitrogen and oxygen atoms in total. The molecule has 1 unspecified atom stereocenters. The van der Waals surface area contributed by atoms with Crippen LogP contribution in [0.5, 0.6) is 0 Å². The first-order valence-corrected chi connectivity index (χ1v) is 8.31. The maximum atomic E-state index is 12.3. The Labute approximate surface area is 159 Å². The molecule has 1 heterocycles. The van der Waals surface area contributed by atoms with Crippen molar-refractivity contribution in [2.75, 3.05) is 5.32 Å². The summed E-state index contributed by atoms with van der Waals surface area (Å²) in [5.41, 5.74) is 1.83. The largest absolute Gasteiger partial charge is 0.328 e. The quantitative estimate of drug-likeness (QED) is 0.540. The molecule has 132 valence electrons. The zero-order valence-corrected chi connectivity index (χ0v) is 15.4. The Hall–Kier alpha value is -2.02. The fraction of sp³-hybridized carbons (Fsp3) is 0.188. The molecule has 1 aromatic heterocycles. The van der Waals surface area contributed by atoms with E-state index >= 15 is 0 Å². The van der Waals surface area contributed by atoms with E-state index in [9.17, 15) is 9.59 Å². The molecule has 0 aliphatic heterocycles. The van der Waals surface area contributed by atoms with Crippen molar-refractivity contribution < 1.29 is 9.59 Å². The Morgan fingerprint density at radius 2 is 1.76 bits per heavy atom. The molecular weight excluding hydrogens is 387 g/mol. The Morgan fingerprint density at radius 1 is 1.08 bits per heavy atom. The van der Waals surface area contributed by atoms with Gasteiger partial charge in [-0.2, -0.15) is 0 Å². The Kier molecular flexibility index (Phi) is 6.47. The van der Waals surface area contributed by atoms with Crippen LogP contribution in [-0.2, 0) is 0 Å². The van der Waals surface area contributed by atoms with Crippen molar-refractivity contribution in [2.24, 2.45) is 0 Å². The summed E-state index contributed by atoms with van der Waals surface area (Å²) < 4.78 is -1.95. The van der Waals surface area contributed by atoms with E-state index in [4.69, 9.17) is 34.8 Å². The van der Waals surface area contributed by atoms with E-state index in [0.717, 1.165) is 5.56 Å². The van der Waals surface area contributed by atoms with E-state index in [1.54, 1.807) is 42.6 Å².